The van der Waals surface area contributed by atoms with E-state index in [1.807, 2.05) is 13.0 Å². The average molecular weight is 391 g/mol. The lowest BCUT2D eigenvalue weighted by atomic mass is 10.0. The molecule has 0 spiro atoms. The highest BCUT2D eigenvalue weighted by atomic mass is 79.9. The van der Waals surface area contributed by atoms with Crippen molar-refractivity contribution in [1.82, 2.24) is 5.32 Å². The zero-order valence-electron chi connectivity index (χ0n) is 12.1. The molecular weight excluding hydrogens is 373 g/mol. The minimum Gasteiger partial charge on any atom is -0.309 e. The van der Waals surface area contributed by atoms with Crippen molar-refractivity contribution in [2.45, 2.75) is 32.7 Å². The van der Waals surface area contributed by atoms with E-state index in [-0.39, 0.29) is 11.9 Å². The van der Waals surface area contributed by atoms with E-state index in [2.05, 4.69) is 33.6 Å². The van der Waals surface area contributed by atoms with E-state index < -0.39 is 0 Å². The van der Waals surface area contributed by atoms with E-state index >= 15 is 0 Å². The van der Waals surface area contributed by atoms with Crippen molar-refractivity contribution in [3.63, 3.8) is 0 Å². The van der Waals surface area contributed by atoms with Crippen LogP contribution in [-0.2, 0) is 6.42 Å². The van der Waals surface area contributed by atoms with Crippen LogP contribution in [0, 0.1) is 12.7 Å². The van der Waals surface area contributed by atoms with Crippen LogP contribution in [0.25, 0.3) is 0 Å². The fraction of sp³-hybridized carbons (Fsp3) is 0.375. The molecule has 0 bridgehead atoms. The summed E-state index contributed by atoms with van der Waals surface area (Å²) in [6.07, 6.45) is 1.75. The highest BCUT2D eigenvalue weighted by molar-refractivity contribution is 9.10. The fourth-order valence-electron chi connectivity index (χ4n) is 2.19. The molecule has 5 heteroatoms. The van der Waals surface area contributed by atoms with Crippen molar-refractivity contribution in [2.24, 2.45) is 0 Å². The Hall–Kier alpha value is -0.420. The Bertz CT molecular complexity index is 614. The zero-order valence-corrected chi connectivity index (χ0v) is 15.2. The van der Waals surface area contributed by atoms with Gasteiger partial charge in [0.25, 0.3) is 0 Å². The molecule has 1 nitrogen and oxygen atoms in total. The first-order valence-corrected chi connectivity index (χ1v) is 8.99. The standard InChI is InChI=1S/C16H18BrClFNS/c1-3-7-20-13(16-15(18)10(2)9-21-16)8-11-5-4-6-12(19)14(11)17/h4-6,9,13,20H,3,7-8H2,1-2H3. The molecule has 1 atom stereocenters. The molecule has 0 aliphatic carbocycles. The van der Waals surface area contributed by atoms with Crippen LogP contribution in [0.1, 0.15) is 35.4 Å². The lowest BCUT2D eigenvalue weighted by molar-refractivity contribution is 0.533. The van der Waals surface area contributed by atoms with Crippen molar-refractivity contribution < 1.29 is 4.39 Å². The minimum atomic E-state index is -0.227. The third kappa shape index (κ3) is 4.07. The Labute approximate surface area is 142 Å². The summed E-state index contributed by atoms with van der Waals surface area (Å²) in [6.45, 7) is 5.05. The number of benzene rings is 1. The van der Waals surface area contributed by atoms with Gasteiger partial charge in [-0.2, -0.15) is 0 Å². The SMILES string of the molecule is CCCNC(Cc1cccc(F)c1Br)c1scc(C)c1Cl. The number of nitrogens with one attached hydrogen (secondary N) is 1. The predicted octanol–water partition coefficient (Wildman–Crippen LogP) is 5.89. The van der Waals surface area contributed by atoms with Gasteiger partial charge < -0.3 is 5.32 Å². The maximum atomic E-state index is 13.7. The molecule has 0 amide bonds. The van der Waals surface area contributed by atoms with Gasteiger partial charge in [0.05, 0.1) is 9.50 Å². The molecule has 1 aromatic carbocycles. The van der Waals surface area contributed by atoms with Crippen LogP contribution in [0.2, 0.25) is 5.02 Å². The van der Waals surface area contributed by atoms with Gasteiger partial charge in [-0.25, -0.2) is 4.39 Å². The molecule has 2 aromatic rings. The van der Waals surface area contributed by atoms with E-state index in [4.69, 9.17) is 11.6 Å². The predicted molar refractivity (Wildman–Crippen MR) is 92.9 cm³/mol. The average Bonchev–Trinajstić information content (AvgIpc) is 2.80. The first-order chi connectivity index (χ1) is 10.0. The Morgan fingerprint density at radius 3 is 2.81 bits per heavy atom. The molecule has 21 heavy (non-hydrogen) atoms. The molecule has 1 unspecified atom stereocenters. The molecule has 0 fully saturated rings. The van der Waals surface area contributed by atoms with Gasteiger partial charge in [-0.3, -0.25) is 0 Å². The van der Waals surface area contributed by atoms with E-state index in [1.165, 1.54) is 6.07 Å². The normalized spacial score (nSPS) is 12.6. The third-order valence-corrected chi connectivity index (χ3v) is 6.05. The van der Waals surface area contributed by atoms with Crippen molar-refractivity contribution in [3.8, 4) is 0 Å². The van der Waals surface area contributed by atoms with Crippen molar-refractivity contribution in [2.75, 3.05) is 6.54 Å². The van der Waals surface area contributed by atoms with Crippen molar-refractivity contribution in [1.29, 1.82) is 0 Å². The maximum Gasteiger partial charge on any atom is 0.137 e. The Kier molecular flexibility index (Phi) is 6.23. The quantitative estimate of drug-likeness (QED) is 0.648. The minimum absolute atomic E-state index is 0.106. The molecule has 0 saturated heterocycles. The fourth-order valence-corrected chi connectivity index (χ4v) is 4.01. The summed E-state index contributed by atoms with van der Waals surface area (Å²) in [5, 5.41) is 6.41. The van der Waals surface area contributed by atoms with Gasteiger partial charge in [-0.15, -0.1) is 11.3 Å². The van der Waals surface area contributed by atoms with Crippen LogP contribution in [0.3, 0.4) is 0 Å². The van der Waals surface area contributed by atoms with E-state index in [0.29, 0.717) is 10.9 Å². The highest BCUT2D eigenvalue weighted by Gasteiger charge is 2.19. The molecule has 1 aromatic heterocycles. The molecule has 0 saturated carbocycles. The second-order valence-electron chi connectivity index (χ2n) is 5.02. The number of thiophene rings is 1. The van der Waals surface area contributed by atoms with Gasteiger partial charge in [0.15, 0.2) is 0 Å². The second-order valence-corrected chi connectivity index (χ2v) is 7.10. The van der Waals surface area contributed by atoms with Gasteiger partial charge in [0.2, 0.25) is 0 Å². The molecule has 1 N–H and O–H groups in total. The van der Waals surface area contributed by atoms with Gasteiger partial charge in [0, 0.05) is 10.9 Å². The lowest BCUT2D eigenvalue weighted by Gasteiger charge is -2.19. The topological polar surface area (TPSA) is 12.0 Å². The number of rotatable bonds is 6. The number of halogens is 3. The first-order valence-electron chi connectivity index (χ1n) is 6.94. The van der Waals surface area contributed by atoms with Gasteiger partial charge in [-0.05, 0) is 64.8 Å². The van der Waals surface area contributed by atoms with Gasteiger partial charge in [0.1, 0.15) is 5.82 Å². The zero-order chi connectivity index (χ0) is 15.4. The maximum absolute atomic E-state index is 13.7. The summed E-state index contributed by atoms with van der Waals surface area (Å²) in [6, 6.07) is 5.26. The van der Waals surface area contributed by atoms with Gasteiger partial charge in [-0.1, -0.05) is 30.7 Å². The molecule has 0 aliphatic heterocycles. The van der Waals surface area contributed by atoms with Crippen LogP contribution >= 0.6 is 38.9 Å². The van der Waals surface area contributed by atoms with E-state index in [1.54, 1.807) is 17.4 Å². The van der Waals surface area contributed by atoms with Crippen LogP contribution in [-0.4, -0.2) is 6.54 Å². The summed E-state index contributed by atoms with van der Waals surface area (Å²) < 4.78 is 14.2. The summed E-state index contributed by atoms with van der Waals surface area (Å²) in [5.74, 6) is -0.227. The molecular formula is C16H18BrClFNS. The Morgan fingerprint density at radius 2 is 2.19 bits per heavy atom. The smallest absolute Gasteiger partial charge is 0.137 e. The summed E-state index contributed by atoms with van der Waals surface area (Å²) in [4.78, 5) is 1.12. The van der Waals surface area contributed by atoms with Crippen LogP contribution in [0.4, 0.5) is 4.39 Å². The molecule has 114 valence electrons. The van der Waals surface area contributed by atoms with Gasteiger partial charge >= 0.3 is 0 Å². The number of hydrogen-bond acceptors (Lipinski definition) is 2. The molecule has 2 rings (SSSR count). The molecule has 1 heterocycles. The third-order valence-electron chi connectivity index (χ3n) is 3.34. The lowest BCUT2D eigenvalue weighted by Crippen LogP contribution is -2.23. The Morgan fingerprint density at radius 1 is 1.43 bits per heavy atom. The monoisotopic (exact) mass is 389 g/mol. The second kappa shape index (κ2) is 7.73. The Balaban J connectivity index is 2.28. The van der Waals surface area contributed by atoms with Crippen LogP contribution < -0.4 is 5.32 Å². The van der Waals surface area contributed by atoms with E-state index in [9.17, 15) is 4.39 Å². The largest absolute Gasteiger partial charge is 0.309 e. The highest BCUT2D eigenvalue weighted by Crippen LogP contribution is 2.35. The summed E-state index contributed by atoms with van der Waals surface area (Å²) in [7, 11) is 0. The van der Waals surface area contributed by atoms with Crippen LogP contribution in [0.15, 0.2) is 28.1 Å². The van der Waals surface area contributed by atoms with Crippen LogP contribution in [0.5, 0.6) is 0 Å². The van der Waals surface area contributed by atoms with E-state index in [0.717, 1.165) is 34.0 Å². The molecule has 0 radical (unpaired) electrons. The summed E-state index contributed by atoms with van der Waals surface area (Å²) >= 11 is 11.4. The number of aryl methyl sites for hydroxylation is 1. The molecule has 0 aliphatic rings. The van der Waals surface area contributed by atoms with Crippen molar-refractivity contribution in [3.05, 3.63) is 54.9 Å². The van der Waals surface area contributed by atoms with Crippen molar-refractivity contribution >= 4 is 38.9 Å². The first kappa shape index (κ1) is 16.9. The summed E-state index contributed by atoms with van der Waals surface area (Å²) in [5.41, 5.74) is 2.05. The number of hydrogen-bond donors (Lipinski definition) is 1.